The van der Waals surface area contributed by atoms with Gasteiger partial charge in [0.25, 0.3) is 0 Å². The fraction of sp³-hybridized carbons (Fsp3) is 0.200. The molecule has 0 fully saturated rings. The van der Waals surface area contributed by atoms with Gasteiger partial charge in [-0.25, -0.2) is 0 Å². The summed E-state index contributed by atoms with van der Waals surface area (Å²) in [5.74, 6) is 1.11. The molecule has 0 bridgehead atoms. The number of benzene rings is 1. The molecule has 1 aliphatic heterocycles. The number of phenols is 1. The van der Waals surface area contributed by atoms with Crippen LogP contribution in [0.1, 0.15) is 12.5 Å². The fourth-order valence-corrected chi connectivity index (χ4v) is 1.25. The molecule has 0 aliphatic carbocycles. The molecule has 2 rings (SSSR count). The molecule has 0 saturated carbocycles. The van der Waals surface area contributed by atoms with Crippen LogP contribution in [-0.4, -0.2) is 11.2 Å². The van der Waals surface area contributed by atoms with Crippen molar-refractivity contribution in [1.29, 1.82) is 0 Å². The van der Waals surface area contributed by atoms with E-state index < -0.39 is 0 Å². The highest BCUT2D eigenvalue weighted by Crippen LogP contribution is 2.28. The second-order valence-corrected chi connectivity index (χ2v) is 2.90. The maximum atomic E-state index is 9.16. The van der Waals surface area contributed by atoms with Crippen molar-refractivity contribution in [2.45, 2.75) is 13.0 Å². The molecule has 1 unspecified atom stereocenters. The smallest absolute Gasteiger partial charge is 0.127 e. The third kappa shape index (κ3) is 1.16. The van der Waals surface area contributed by atoms with E-state index in [0.29, 0.717) is 0 Å². The third-order valence-corrected chi connectivity index (χ3v) is 1.85. The van der Waals surface area contributed by atoms with Gasteiger partial charge in [-0.2, -0.15) is 0 Å². The number of hydrogen-bond donors (Lipinski definition) is 1. The molecular formula is C10H10O2. The lowest BCUT2D eigenvalue weighted by Gasteiger charge is -2.17. The van der Waals surface area contributed by atoms with E-state index in [0.717, 1.165) is 11.3 Å². The van der Waals surface area contributed by atoms with E-state index in [4.69, 9.17) is 9.84 Å². The van der Waals surface area contributed by atoms with E-state index in [2.05, 4.69) is 0 Å². The topological polar surface area (TPSA) is 29.5 Å². The van der Waals surface area contributed by atoms with Gasteiger partial charge in [0.05, 0.1) is 0 Å². The molecule has 1 N–H and O–H groups in total. The van der Waals surface area contributed by atoms with Gasteiger partial charge < -0.3 is 9.84 Å². The Hall–Kier alpha value is -1.44. The Bertz CT molecular complexity index is 329. The molecular weight excluding hydrogens is 152 g/mol. The van der Waals surface area contributed by atoms with Crippen molar-refractivity contribution in [3.63, 3.8) is 0 Å². The van der Waals surface area contributed by atoms with Crippen molar-refractivity contribution in [2.75, 3.05) is 0 Å². The fourth-order valence-electron chi connectivity index (χ4n) is 1.25. The predicted molar refractivity (Wildman–Crippen MR) is 47.2 cm³/mol. The SMILES string of the molecule is CC1C=Cc2cc(O)ccc2O1. The Balaban J connectivity index is 2.47. The van der Waals surface area contributed by atoms with Gasteiger partial charge in [-0.1, -0.05) is 6.08 Å². The average Bonchev–Trinajstić information content (AvgIpc) is 2.05. The van der Waals surface area contributed by atoms with Gasteiger partial charge >= 0.3 is 0 Å². The van der Waals surface area contributed by atoms with E-state index >= 15 is 0 Å². The zero-order valence-electron chi connectivity index (χ0n) is 6.82. The molecule has 2 nitrogen and oxygen atoms in total. The summed E-state index contributed by atoms with van der Waals surface area (Å²) in [4.78, 5) is 0. The summed E-state index contributed by atoms with van der Waals surface area (Å²) in [6, 6.07) is 5.10. The summed E-state index contributed by atoms with van der Waals surface area (Å²) in [6.07, 6.45) is 4.05. The number of phenolic OH excluding ortho intramolecular Hbond substituents is 1. The number of fused-ring (bicyclic) bond motifs is 1. The first-order valence-electron chi connectivity index (χ1n) is 3.93. The first-order valence-corrected chi connectivity index (χ1v) is 3.93. The van der Waals surface area contributed by atoms with Crippen LogP contribution < -0.4 is 4.74 Å². The number of ether oxygens (including phenoxy) is 1. The summed E-state index contributed by atoms with van der Waals surface area (Å²) in [5, 5.41) is 9.16. The summed E-state index contributed by atoms with van der Waals surface area (Å²) in [6.45, 7) is 1.98. The van der Waals surface area contributed by atoms with Crippen LogP contribution in [0.3, 0.4) is 0 Å². The highest BCUT2D eigenvalue weighted by atomic mass is 16.5. The van der Waals surface area contributed by atoms with Gasteiger partial charge in [0.2, 0.25) is 0 Å². The highest BCUT2D eigenvalue weighted by Gasteiger charge is 2.09. The second kappa shape index (κ2) is 2.55. The molecule has 0 amide bonds. The lowest BCUT2D eigenvalue weighted by atomic mass is 10.1. The van der Waals surface area contributed by atoms with Crippen LogP contribution >= 0.6 is 0 Å². The molecule has 0 radical (unpaired) electrons. The molecule has 62 valence electrons. The zero-order chi connectivity index (χ0) is 8.55. The van der Waals surface area contributed by atoms with Crippen LogP contribution in [0.25, 0.3) is 6.08 Å². The molecule has 1 heterocycles. The Labute approximate surface area is 71.1 Å². The maximum Gasteiger partial charge on any atom is 0.127 e. The van der Waals surface area contributed by atoms with Crippen molar-refractivity contribution >= 4 is 6.08 Å². The van der Waals surface area contributed by atoms with Gasteiger partial charge in [-0.05, 0) is 31.2 Å². The highest BCUT2D eigenvalue weighted by molar-refractivity contribution is 5.61. The van der Waals surface area contributed by atoms with Crippen LogP contribution in [0.5, 0.6) is 11.5 Å². The van der Waals surface area contributed by atoms with Crippen LogP contribution in [-0.2, 0) is 0 Å². The molecule has 1 atom stereocenters. The first-order chi connectivity index (χ1) is 5.75. The van der Waals surface area contributed by atoms with E-state index in [9.17, 15) is 0 Å². The van der Waals surface area contributed by atoms with Crippen LogP contribution in [0.2, 0.25) is 0 Å². The molecule has 2 heteroatoms. The van der Waals surface area contributed by atoms with Crippen LogP contribution in [0, 0.1) is 0 Å². The summed E-state index contributed by atoms with van der Waals surface area (Å²) >= 11 is 0. The molecule has 1 aromatic rings. The van der Waals surface area contributed by atoms with E-state index in [1.807, 2.05) is 19.1 Å². The maximum absolute atomic E-state index is 9.16. The van der Waals surface area contributed by atoms with E-state index in [-0.39, 0.29) is 11.9 Å². The van der Waals surface area contributed by atoms with Gasteiger partial charge in [-0.3, -0.25) is 0 Å². The average molecular weight is 162 g/mol. The zero-order valence-corrected chi connectivity index (χ0v) is 6.82. The normalized spacial score (nSPS) is 19.9. The minimum absolute atomic E-state index is 0.127. The molecule has 1 aliphatic rings. The third-order valence-electron chi connectivity index (χ3n) is 1.85. The van der Waals surface area contributed by atoms with Gasteiger partial charge in [0.15, 0.2) is 0 Å². The number of aromatic hydroxyl groups is 1. The number of hydrogen-bond acceptors (Lipinski definition) is 2. The molecule has 0 aromatic heterocycles. The molecule has 0 saturated heterocycles. The van der Waals surface area contributed by atoms with E-state index in [1.54, 1.807) is 18.2 Å². The molecule has 12 heavy (non-hydrogen) atoms. The van der Waals surface area contributed by atoms with Crippen molar-refractivity contribution < 1.29 is 9.84 Å². The molecule has 0 spiro atoms. The van der Waals surface area contributed by atoms with Gasteiger partial charge in [0, 0.05) is 5.56 Å². The van der Waals surface area contributed by atoms with Gasteiger partial charge in [0.1, 0.15) is 17.6 Å². The minimum atomic E-state index is 0.127. The Kier molecular flexibility index (Phi) is 1.54. The summed E-state index contributed by atoms with van der Waals surface area (Å²) in [5.41, 5.74) is 0.938. The van der Waals surface area contributed by atoms with Crippen LogP contribution in [0.4, 0.5) is 0 Å². The summed E-state index contributed by atoms with van der Waals surface area (Å²) in [7, 11) is 0. The van der Waals surface area contributed by atoms with Crippen molar-refractivity contribution in [3.05, 3.63) is 29.8 Å². The Morgan fingerprint density at radius 3 is 3.08 bits per heavy atom. The monoisotopic (exact) mass is 162 g/mol. The second-order valence-electron chi connectivity index (χ2n) is 2.90. The largest absolute Gasteiger partial charge is 0.508 e. The standard InChI is InChI=1S/C10H10O2/c1-7-2-3-8-6-9(11)4-5-10(8)12-7/h2-7,11H,1H3. The van der Waals surface area contributed by atoms with Crippen molar-refractivity contribution in [3.8, 4) is 11.5 Å². The van der Waals surface area contributed by atoms with Crippen LogP contribution in [0.15, 0.2) is 24.3 Å². The Morgan fingerprint density at radius 2 is 2.25 bits per heavy atom. The molecule has 1 aromatic carbocycles. The van der Waals surface area contributed by atoms with E-state index in [1.165, 1.54) is 0 Å². The van der Waals surface area contributed by atoms with Gasteiger partial charge in [-0.15, -0.1) is 0 Å². The number of rotatable bonds is 0. The lowest BCUT2D eigenvalue weighted by Crippen LogP contribution is -2.11. The minimum Gasteiger partial charge on any atom is -0.508 e. The first kappa shape index (κ1) is 7.22. The predicted octanol–water partition coefficient (Wildman–Crippen LogP) is 2.19. The van der Waals surface area contributed by atoms with Crippen molar-refractivity contribution in [2.24, 2.45) is 0 Å². The summed E-state index contributed by atoms with van der Waals surface area (Å²) < 4.78 is 5.49. The quantitative estimate of drug-likeness (QED) is 0.633. The Morgan fingerprint density at radius 1 is 1.42 bits per heavy atom. The van der Waals surface area contributed by atoms with Crippen molar-refractivity contribution in [1.82, 2.24) is 0 Å². The lowest BCUT2D eigenvalue weighted by molar-refractivity contribution is 0.265.